The number of pyridine rings is 1. The van der Waals surface area contributed by atoms with Gasteiger partial charge in [0, 0.05) is 23.5 Å². The lowest BCUT2D eigenvalue weighted by Gasteiger charge is -2.12. The summed E-state index contributed by atoms with van der Waals surface area (Å²) in [6.45, 7) is 3.88. The summed E-state index contributed by atoms with van der Waals surface area (Å²) in [6, 6.07) is 15.7. The number of aromatic nitrogens is 1. The van der Waals surface area contributed by atoms with Crippen molar-refractivity contribution >= 4 is 0 Å². The zero-order chi connectivity index (χ0) is 15.7. The van der Waals surface area contributed by atoms with Crippen LogP contribution in [0.4, 0.5) is 4.39 Å². The number of hydrogen-bond acceptors (Lipinski definition) is 1. The number of benzene rings is 2. The molecule has 3 rings (SSSR count). The van der Waals surface area contributed by atoms with Crippen LogP contribution >= 0.6 is 0 Å². The molecular formula is C19H16FNO. The van der Waals surface area contributed by atoms with Crippen LogP contribution < -0.4 is 5.56 Å². The van der Waals surface area contributed by atoms with Crippen molar-refractivity contribution in [1.29, 1.82) is 0 Å². The van der Waals surface area contributed by atoms with E-state index in [2.05, 4.69) is 0 Å². The topological polar surface area (TPSA) is 22.0 Å². The molecule has 22 heavy (non-hydrogen) atoms. The first-order valence-corrected chi connectivity index (χ1v) is 7.11. The van der Waals surface area contributed by atoms with Gasteiger partial charge in [-0.15, -0.1) is 0 Å². The molecule has 110 valence electrons. The molecule has 0 spiro atoms. The molecule has 3 heteroatoms. The smallest absolute Gasteiger partial charge is 0.255 e. The molecule has 1 heterocycles. The Balaban J connectivity index is 2.19. The lowest BCUT2D eigenvalue weighted by Crippen LogP contribution is -2.17. The van der Waals surface area contributed by atoms with Crippen molar-refractivity contribution in [2.24, 2.45) is 0 Å². The zero-order valence-corrected chi connectivity index (χ0v) is 12.5. The van der Waals surface area contributed by atoms with Crippen molar-refractivity contribution in [1.82, 2.24) is 4.57 Å². The maximum absolute atomic E-state index is 13.1. The van der Waals surface area contributed by atoms with Crippen LogP contribution in [0.15, 0.2) is 65.6 Å². The molecule has 0 atom stereocenters. The fourth-order valence-electron chi connectivity index (χ4n) is 2.54. The Morgan fingerprint density at radius 3 is 2.36 bits per heavy atom. The second kappa shape index (κ2) is 5.60. The minimum atomic E-state index is -0.270. The summed E-state index contributed by atoms with van der Waals surface area (Å²) in [4.78, 5) is 12.3. The summed E-state index contributed by atoms with van der Waals surface area (Å²) >= 11 is 0. The fourth-order valence-corrected chi connectivity index (χ4v) is 2.54. The van der Waals surface area contributed by atoms with Gasteiger partial charge in [0.25, 0.3) is 5.56 Å². The fraction of sp³-hybridized carbons (Fsp3) is 0.105. The second-order valence-electron chi connectivity index (χ2n) is 5.42. The summed E-state index contributed by atoms with van der Waals surface area (Å²) in [5, 5.41) is 0. The van der Waals surface area contributed by atoms with Crippen molar-refractivity contribution in [2.75, 3.05) is 0 Å². The Hall–Kier alpha value is -2.68. The minimum absolute atomic E-state index is 0.0750. The highest BCUT2D eigenvalue weighted by atomic mass is 19.1. The molecule has 0 aliphatic heterocycles. The van der Waals surface area contributed by atoms with Crippen LogP contribution in [0.2, 0.25) is 0 Å². The molecule has 0 fully saturated rings. The zero-order valence-electron chi connectivity index (χ0n) is 12.5. The molecule has 0 radical (unpaired) electrons. The Morgan fingerprint density at radius 1 is 0.955 bits per heavy atom. The van der Waals surface area contributed by atoms with E-state index in [4.69, 9.17) is 0 Å². The van der Waals surface area contributed by atoms with Gasteiger partial charge in [-0.25, -0.2) is 4.39 Å². The van der Waals surface area contributed by atoms with Gasteiger partial charge in [0.2, 0.25) is 0 Å². The van der Waals surface area contributed by atoms with Crippen LogP contribution in [-0.2, 0) is 0 Å². The third kappa shape index (κ3) is 2.70. The lowest BCUT2D eigenvalue weighted by molar-refractivity contribution is 0.628. The summed E-state index contributed by atoms with van der Waals surface area (Å²) < 4.78 is 14.7. The van der Waals surface area contributed by atoms with Crippen LogP contribution in [-0.4, -0.2) is 4.57 Å². The molecule has 0 saturated carbocycles. The first-order chi connectivity index (χ1) is 10.5. The van der Waals surface area contributed by atoms with Gasteiger partial charge in [0.05, 0.1) is 0 Å². The minimum Gasteiger partial charge on any atom is -0.284 e. The average Bonchev–Trinajstić information content (AvgIpc) is 2.48. The standard InChI is InChI=1S/C19H16FNO/c1-13-4-3-5-17(10-13)21-12-18(14(2)11-19(21)22)15-6-8-16(20)9-7-15/h3-12H,1-2H3. The van der Waals surface area contributed by atoms with E-state index in [0.29, 0.717) is 0 Å². The molecule has 0 saturated heterocycles. The van der Waals surface area contributed by atoms with Crippen molar-refractivity contribution in [3.8, 4) is 16.8 Å². The molecule has 2 aromatic carbocycles. The van der Waals surface area contributed by atoms with E-state index in [1.807, 2.05) is 44.3 Å². The Labute approximate surface area is 128 Å². The Morgan fingerprint density at radius 2 is 1.68 bits per heavy atom. The highest BCUT2D eigenvalue weighted by Crippen LogP contribution is 2.23. The summed E-state index contributed by atoms with van der Waals surface area (Å²) in [5.74, 6) is -0.270. The van der Waals surface area contributed by atoms with Gasteiger partial charge in [-0.3, -0.25) is 9.36 Å². The lowest BCUT2D eigenvalue weighted by atomic mass is 10.0. The maximum atomic E-state index is 13.1. The van der Waals surface area contributed by atoms with E-state index < -0.39 is 0 Å². The highest BCUT2D eigenvalue weighted by Gasteiger charge is 2.08. The second-order valence-corrected chi connectivity index (χ2v) is 5.42. The number of halogens is 1. The molecule has 0 bridgehead atoms. The van der Waals surface area contributed by atoms with Gasteiger partial charge in [-0.1, -0.05) is 24.3 Å². The molecule has 3 aromatic rings. The van der Waals surface area contributed by atoms with E-state index in [1.54, 1.807) is 22.8 Å². The normalized spacial score (nSPS) is 10.7. The SMILES string of the molecule is Cc1cccc(-n2cc(-c3ccc(F)cc3)c(C)cc2=O)c1. The van der Waals surface area contributed by atoms with Gasteiger partial charge in [-0.05, 0) is 54.8 Å². The van der Waals surface area contributed by atoms with Gasteiger partial charge >= 0.3 is 0 Å². The highest BCUT2D eigenvalue weighted by molar-refractivity contribution is 5.66. The first kappa shape index (κ1) is 14.3. The third-order valence-electron chi connectivity index (χ3n) is 3.70. The summed E-state index contributed by atoms with van der Waals surface area (Å²) in [5.41, 5.74) is 4.53. The van der Waals surface area contributed by atoms with E-state index >= 15 is 0 Å². The van der Waals surface area contributed by atoms with Gasteiger partial charge < -0.3 is 0 Å². The molecule has 0 amide bonds. The van der Waals surface area contributed by atoms with E-state index in [9.17, 15) is 9.18 Å². The van der Waals surface area contributed by atoms with E-state index in [1.165, 1.54) is 12.1 Å². The number of nitrogens with zero attached hydrogens (tertiary/aromatic N) is 1. The maximum Gasteiger partial charge on any atom is 0.255 e. The van der Waals surface area contributed by atoms with Gasteiger partial charge in [0.15, 0.2) is 0 Å². The van der Waals surface area contributed by atoms with Crippen molar-refractivity contribution in [2.45, 2.75) is 13.8 Å². The molecular weight excluding hydrogens is 277 g/mol. The van der Waals surface area contributed by atoms with Crippen LogP contribution in [0.3, 0.4) is 0 Å². The summed E-state index contributed by atoms with van der Waals surface area (Å²) in [6.07, 6.45) is 1.82. The molecule has 0 unspecified atom stereocenters. The van der Waals surface area contributed by atoms with Gasteiger partial charge in [-0.2, -0.15) is 0 Å². The Kier molecular flexibility index (Phi) is 3.63. The Bertz CT molecular complexity index is 879. The van der Waals surface area contributed by atoms with Crippen LogP contribution in [0, 0.1) is 19.7 Å². The molecule has 0 aliphatic rings. The predicted molar refractivity (Wildman–Crippen MR) is 86.9 cm³/mol. The van der Waals surface area contributed by atoms with Crippen molar-refractivity contribution < 1.29 is 4.39 Å². The van der Waals surface area contributed by atoms with E-state index in [-0.39, 0.29) is 11.4 Å². The monoisotopic (exact) mass is 293 g/mol. The van der Waals surface area contributed by atoms with Crippen LogP contribution in [0.5, 0.6) is 0 Å². The molecule has 1 aromatic heterocycles. The van der Waals surface area contributed by atoms with Crippen molar-refractivity contribution in [3.05, 3.63) is 88.1 Å². The predicted octanol–water partition coefficient (Wildman–Crippen LogP) is 4.26. The third-order valence-corrected chi connectivity index (χ3v) is 3.70. The average molecular weight is 293 g/mol. The van der Waals surface area contributed by atoms with E-state index in [0.717, 1.165) is 27.9 Å². The number of hydrogen-bond donors (Lipinski definition) is 0. The van der Waals surface area contributed by atoms with Crippen LogP contribution in [0.1, 0.15) is 11.1 Å². The summed E-state index contributed by atoms with van der Waals surface area (Å²) in [7, 11) is 0. The number of rotatable bonds is 2. The largest absolute Gasteiger partial charge is 0.284 e. The van der Waals surface area contributed by atoms with Crippen molar-refractivity contribution in [3.63, 3.8) is 0 Å². The van der Waals surface area contributed by atoms with Gasteiger partial charge in [0.1, 0.15) is 5.82 Å². The number of aryl methyl sites for hydroxylation is 2. The molecule has 0 N–H and O–H groups in total. The molecule has 0 aliphatic carbocycles. The van der Waals surface area contributed by atoms with Crippen LogP contribution in [0.25, 0.3) is 16.8 Å². The first-order valence-electron chi connectivity index (χ1n) is 7.11. The molecule has 2 nitrogen and oxygen atoms in total. The quantitative estimate of drug-likeness (QED) is 0.692.